The smallest absolute Gasteiger partial charge is 0.220 e. The average molecular weight is 299 g/mol. The van der Waals surface area contributed by atoms with Crippen LogP contribution in [0.5, 0.6) is 0 Å². The van der Waals surface area contributed by atoms with E-state index in [1.54, 1.807) is 0 Å². The van der Waals surface area contributed by atoms with E-state index < -0.39 is 0 Å². The summed E-state index contributed by atoms with van der Waals surface area (Å²) in [6.45, 7) is 8.98. The summed E-state index contributed by atoms with van der Waals surface area (Å²) in [5.41, 5.74) is 5.52. The van der Waals surface area contributed by atoms with E-state index in [9.17, 15) is 4.79 Å². The quantitative estimate of drug-likeness (QED) is 0.495. The summed E-state index contributed by atoms with van der Waals surface area (Å²) in [4.78, 5) is 12.0. The fraction of sp³-hybridized carbons (Fsp3) is 0.944. The SMILES string of the molecule is CCCCCCCCCCCC(=O)NC(C)(CN)C(C)C. The van der Waals surface area contributed by atoms with E-state index in [-0.39, 0.29) is 11.4 Å². The third-order valence-corrected chi connectivity index (χ3v) is 4.63. The van der Waals surface area contributed by atoms with Gasteiger partial charge in [0.05, 0.1) is 5.54 Å². The van der Waals surface area contributed by atoms with Crippen LogP contribution in [0.2, 0.25) is 0 Å². The van der Waals surface area contributed by atoms with Crippen molar-refractivity contribution in [1.82, 2.24) is 5.32 Å². The number of nitrogens with one attached hydrogen (secondary N) is 1. The first-order valence-electron chi connectivity index (χ1n) is 8.97. The van der Waals surface area contributed by atoms with Crippen LogP contribution in [0.4, 0.5) is 0 Å². The molecule has 0 saturated heterocycles. The number of unbranched alkanes of at least 4 members (excludes halogenated alkanes) is 8. The van der Waals surface area contributed by atoms with Crippen molar-refractivity contribution in [1.29, 1.82) is 0 Å². The van der Waals surface area contributed by atoms with Crippen LogP contribution in [0, 0.1) is 5.92 Å². The molecule has 0 bridgehead atoms. The highest BCUT2D eigenvalue weighted by molar-refractivity contribution is 5.76. The summed E-state index contributed by atoms with van der Waals surface area (Å²) >= 11 is 0. The minimum Gasteiger partial charge on any atom is -0.349 e. The summed E-state index contributed by atoms with van der Waals surface area (Å²) in [5, 5.41) is 3.10. The number of nitrogens with two attached hydrogens (primary N) is 1. The predicted molar refractivity (Wildman–Crippen MR) is 92.3 cm³/mol. The molecule has 0 spiro atoms. The number of hydrogen-bond donors (Lipinski definition) is 2. The average Bonchev–Trinajstić information content (AvgIpc) is 2.45. The first-order chi connectivity index (χ1) is 9.96. The second kappa shape index (κ2) is 12.0. The van der Waals surface area contributed by atoms with Gasteiger partial charge in [0, 0.05) is 13.0 Å². The molecule has 1 atom stereocenters. The minimum atomic E-state index is -0.267. The van der Waals surface area contributed by atoms with Crippen molar-refractivity contribution in [2.24, 2.45) is 11.7 Å². The van der Waals surface area contributed by atoms with Crippen LogP contribution in [0.3, 0.4) is 0 Å². The highest BCUT2D eigenvalue weighted by atomic mass is 16.1. The summed E-state index contributed by atoms with van der Waals surface area (Å²) in [6.07, 6.45) is 12.2. The van der Waals surface area contributed by atoms with Crippen LogP contribution in [-0.2, 0) is 4.79 Å². The number of carbonyl (C=O) groups excluding carboxylic acids is 1. The highest BCUT2D eigenvalue weighted by Gasteiger charge is 2.27. The molecule has 3 heteroatoms. The summed E-state index contributed by atoms with van der Waals surface area (Å²) < 4.78 is 0. The van der Waals surface area contributed by atoms with E-state index >= 15 is 0 Å². The third kappa shape index (κ3) is 9.89. The second-order valence-electron chi connectivity index (χ2n) is 6.90. The zero-order valence-corrected chi connectivity index (χ0v) is 14.8. The zero-order valence-electron chi connectivity index (χ0n) is 14.8. The van der Waals surface area contributed by atoms with Crippen LogP contribution in [0.25, 0.3) is 0 Å². The molecule has 3 nitrogen and oxygen atoms in total. The number of rotatable bonds is 13. The first kappa shape index (κ1) is 20.4. The lowest BCUT2D eigenvalue weighted by Crippen LogP contribution is -2.54. The van der Waals surface area contributed by atoms with Crippen molar-refractivity contribution >= 4 is 5.91 Å². The molecule has 0 aliphatic heterocycles. The Balaban J connectivity index is 3.58. The lowest BCUT2D eigenvalue weighted by atomic mass is 9.88. The molecule has 0 fully saturated rings. The summed E-state index contributed by atoms with van der Waals surface area (Å²) in [7, 11) is 0. The van der Waals surface area contributed by atoms with Gasteiger partial charge in [-0.15, -0.1) is 0 Å². The van der Waals surface area contributed by atoms with Gasteiger partial charge < -0.3 is 11.1 Å². The van der Waals surface area contributed by atoms with Gasteiger partial charge in [0.1, 0.15) is 0 Å². The van der Waals surface area contributed by atoms with Gasteiger partial charge in [-0.1, -0.05) is 72.1 Å². The van der Waals surface area contributed by atoms with Crippen molar-refractivity contribution in [2.75, 3.05) is 6.54 Å². The number of amides is 1. The Bertz CT molecular complexity index is 266. The monoisotopic (exact) mass is 298 g/mol. The van der Waals surface area contributed by atoms with Crippen molar-refractivity contribution in [3.05, 3.63) is 0 Å². The second-order valence-corrected chi connectivity index (χ2v) is 6.90. The van der Waals surface area contributed by atoms with Gasteiger partial charge in [-0.3, -0.25) is 4.79 Å². The van der Waals surface area contributed by atoms with Gasteiger partial charge in [-0.25, -0.2) is 0 Å². The number of carbonyl (C=O) groups is 1. The first-order valence-corrected chi connectivity index (χ1v) is 8.97. The third-order valence-electron chi connectivity index (χ3n) is 4.63. The molecule has 0 aromatic rings. The Labute approximate surface area is 132 Å². The molecule has 0 heterocycles. The fourth-order valence-corrected chi connectivity index (χ4v) is 2.41. The largest absolute Gasteiger partial charge is 0.349 e. The molecule has 0 saturated carbocycles. The molecule has 0 aromatic heterocycles. The van der Waals surface area contributed by atoms with E-state index in [0.717, 1.165) is 6.42 Å². The van der Waals surface area contributed by atoms with E-state index in [1.165, 1.54) is 51.4 Å². The van der Waals surface area contributed by atoms with Gasteiger partial charge in [-0.2, -0.15) is 0 Å². The maximum atomic E-state index is 12.0. The standard InChI is InChI=1S/C18H38N2O/c1-5-6-7-8-9-10-11-12-13-14-17(21)20-18(4,15-19)16(2)3/h16H,5-15,19H2,1-4H3,(H,20,21). The van der Waals surface area contributed by atoms with Gasteiger partial charge in [0.25, 0.3) is 0 Å². The molecule has 21 heavy (non-hydrogen) atoms. The molecule has 1 unspecified atom stereocenters. The Kier molecular flexibility index (Phi) is 11.7. The Hall–Kier alpha value is -0.570. The Morgan fingerprint density at radius 1 is 1.00 bits per heavy atom. The van der Waals surface area contributed by atoms with E-state index in [2.05, 4.69) is 26.1 Å². The Morgan fingerprint density at radius 2 is 1.48 bits per heavy atom. The van der Waals surface area contributed by atoms with Crippen LogP contribution >= 0.6 is 0 Å². The fourth-order valence-electron chi connectivity index (χ4n) is 2.41. The Morgan fingerprint density at radius 3 is 1.90 bits per heavy atom. The molecule has 1 amide bonds. The molecule has 126 valence electrons. The molecule has 0 aromatic carbocycles. The maximum Gasteiger partial charge on any atom is 0.220 e. The van der Waals surface area contributed by atoms with E-state index in [1.807, 2.05) is 6.92 Å². The molecule has 0 radical (unpaired) electrons. The van der Waals surface area contributed by atoms with E-state index in [4.69, 9.17) is 5.73 Å². The number of hydrogen-bond acceptors (Lipinski definition) is 2. The van der Waals surface area contributed by atoms with Crippen LogP contribution in [0.1, 0.15) is 91.9 Å². The van der Waals surface area contributed by atoms with Gasteiger partial charge in [0.2, 0.25) is 5.91 Å². The molecule has 0 aliphatic rings. The molecular formula is C18H38N2O. The van der Waals surface area contributed by atoms with Gasteiger partial charge in [-0.05, 0) is 19.3 Å². The lowest BCUT2D eigenvalue weighted by molar-refractivity contribution is -0.123. The maximum absolute atomic E-state index is 12.0. The van der Waals surface area contributed by atoms with Crippen molar-refractivity contribution in [2.45, 2.75) is 97.4 Å². The van der Waals surface area contributed by atoms with Crippen LogP contribution < -0.4 is 11.1 Å². The molecule has 0 rings (SSSR count). The zero-order chi connectivity index (χ0) is 16.1. The molecular weight excluding hydrogens is 260 g/mol. The predicted octanol–water partition coefficient (Wildman–Crippen LogP) is 4.40. The lowest BCUT2D eigenvalue weighted by Gasteiger charge is -2.33. The molecule has 3 N–H and O–H groups in total. The van der Waals surface area contributed by atoms with Crippen molar-refractivity contribution in [3.8, 4) is 0 Å². The van der Waals surface area contributed by atoms with Crippen molar-refractivity contribution in [3.63, 3.8) is 0 Å². The minimum absolute atomic E-state index is 0.152. The molecule has 0 aliphatic carbocycles. The van der Waals surface area contributed by atoms with E-state index in [0.29, 0.717) is 18.9 Å². The summed E-state index contributed by atoms with van der Waals surface area (Å²) in [6, 6.07) is 0. The van der Waals surface area contributed by atoms with Crippen LogP contribution in [0.15, 0.2) is 0 Å². The van der Waals surface area contributed by atoms with Gasteiger partial charge >= 0.3 is 0 Å². The van der Waals surface area contributed by atoms with Crippen molar-refractivity contribution < 1.29 is 4.79 Å². The topological polar surface area (TPSA) is 55.1 Å². The summed E-state index contributed by atoms with van der Waals surface area (Å²) in [5.74, 6) is 0.508. The van der Waals surface area contributed by atoms with Crippen LogP contribution in [-0.4, -0.2) is 18.0 Å². The normalized spacial score (nSPS) is 14.2. The highest BCUT2D eigenvalue weighted by Crippen LogP contribution is 2.15. The van der Waals surface area contributed by atoms with Gasteiger partial charge in [0.15, 0.2) is 0 Å².